The van der Waals surface area contributed by atoms with Gasteiger partial charge in [0.05, 0.1) is 12.5 Å². The summed E-state index contributed by atoms with van der Waals surface area (Å²) in [4.78, 5) is 15.7. The van der Waals surface area contributed by atoms with Crippen LogP contribution in [-0.2, 0) is 4.79 Å². The van der Waals surface area contributed by atoms with Crippen molar-refractivity contribution < 1.29 is 18.0 Å². The van der Waals surface area contributed by atoms with E-state index in [1.54, 1.807) is 11.8 Å². The highest BCUT2D eigenvalue weighted by Gasteiger charge is 2.33. The molecule has 134 valence electrons. The topological polar surface area (TPSA) is 49.6 Å². The Morgan fingerprint density at radius 1 is 1.17 bits per heavy atom. The molecule has 1 fully saturated rings. The van der Waals surface area contributed by atoms with Gasteiger partial charge in [-0.25, -0.2) is 0 Å². The Labute approximate surface area is 140 Å². The van der Waals surface area contributed by atoms with Crippen LogP contribution in [0.4, 0.5) is 13.2 Å². The minimum atomic E-state index is -4.21. The lowest BCUT2D eigenvalue weighted by molar-refractivity contribution is -0.145. The van der Waals surface area contributed by atoms with E-state index in [1.165, 1.54) is 4.90 Å². The predicted octanol–water partition coefficient (Wildman–Crippen LogP) is 2.42. The smallest absolute Gasteiger partial charge is 0.341 e. The third-order valence-corrected chi connectivity index (χ3v) is 4.42. The SMILES string of the molecule is CC(C(=O)N1CCCN(CC(F)(F)F)CC1)C(N)c1ccccc1. The first-order valence-electron chi connectivity index (χ1n) is 8.16. The highest BCUT2D eigenvalue weighted by atomic mass is 19.4. The van der Waals surface area contributed by atoms with Gasteiger partial charge in [-0.15, -0.1) is 0 Å². The lowest BCUT2D eigenvalue weighted by Gasteiger charge is -2.28. The molecule has 24 heavy (non-hydrogen) atoms. The lowest BCUT2D eigenvalue weighted by atomic mass is 9.94. The second-order valence-corrected chi connectivity index (χ2v) is 6.30. The van der Waals surface area contributed by atoms with Crippen LogP contribution in [0.25, 0.3) is 0 Å². The number of hydrogen-bond donors (Lipinski definition) is 1. The van der Waals surface area contributed by atoms with Gasteiger partial charge in [0, 0.05) is 32.2 Å². The van der Waals surface area contributed by atoms with E-state index < -0.39 is 24.7 Å². The molecule has 7 heteroatoms. The summed E-state index contributed by atoms with van der Waals surface area (Å²) in [7, 11) is 0. The summed E-state index contributed by atoms with van der Waals surface area (Å²) in [5.41, 5.74) is 7.07. The number of alkyl halides is 3. The van der Waals surface area contributed by atoms with Crippen molar-refractivity contribution in [3.63, 3.8) is 0 Å². The molecule has 0 bridgehead atoms. The Hall–Kier alpha value is -1.60. The molecule has 1 aromatic rings. The molecule has 0 aromatic heterocycles. The average Bonchev–Trinajstić information content (AvgIpc) is 2.77. The van der Waals surface area contributed by atoms with Crippen molar-refractivity contribution in [2.75, 3.05) is 32.7 Å². The molecule has 1 aromatic carbocycles. The van der Waals surface area contributed by atoms with Crippen molar-refractivity contribution in [1.82, 2.24) is 9.80 Å². The number of rotatable bonds is 4. The molecule has 2 atom stereocenters. The van der Waals surface area contributed by atoms with Crippen LogP contribution < -0.4 is 5.73 Å². The number of nitrogens with two attached hydrogens (primary N) is 1. The standard InChI is InChI=1S/C17H24F3N3O/c1-13(15(21)14-6-3-2-4-7-14)16(24)23-9-5-8-22(10-11-23)12-17(18,19)20/h2-4,6-7,13,15H,5,8-12,21H2,1H3. The second kappa shape index (κ2) is 7.98. The van der Waals surface area contributed by atoms with Crippen molar-refractivity contribution in [2.45, 2.75) is 25.6 Å². The third kappa shape index (κ3) is 5.21. The van der Waals surface area contributed by atoms with Crippen LogP contribution in [0.1, 0.15) is 24.9 Å². The molecule has 2 unspecified atom stereocenters. The van der Waals surface area contributed by atoms with Crippen LogP contribution in [0, 0.1) is 5.92 Å². The maximum atomic E-state index is 12.7. The van der Waals surface area contributed by atoms with Gasteiger partial charge >= 0.3 is 6.18 Å². The fourth-order valence-corrected chi connectivity index (χ4v) is 3.01. The number of nitrogens with zero attached hydrogens (tertiary/aromatic N) is 2. The molecule has 0 saturated carbocycles. The fraction of sp³-hybridized carbons (Fsp3) is 0.588. The Morgan fingerprint density at radius 3 is 2.46 bits per heavy atom. The molecule has 1 aliphatic heterocycles. The van der Waals surface area contributed by atoms with Crippen LogP contribution in [0.2, 0.25) is 0 Å². The van der Waals surface area contributed by atoms with E-state index in [0.717, 1.165) is 5.56 Å². The third-order valence-electron chi connectivity index (χ3n) is 4.42. The van der Waals surface area contributed by atoms with Crippen LogP contribution in [-0.4, -0.2) is 54.6 Å². The zero-order valence-corrected chi connectivity index (χ0v) is 13.8. The molecular formula is C17H24F3N3O. The summed E-state index contributed by atoms with van der Waals surface area (Å²) in [6, 6.07) is 8.95. The van der Waals surface area contributed by atoms with E-state index >= 15 is 0 Å². The summed E-state index contributed by atoms with van der Waals surface area (Å²) >= 11 is 0. The Balaban J connectivity index is 1.94. The van der Waals surface area contributed by atoms with E-state index in [2.05, 4.69) is 0 Å². The van der Waals surface area contributed by atoms with Gasteiger partial charge in [-0.05, 0) is 12.0 Å². The van der Waals surface area contributed by atoms with Crippen molar-refractivity contribution in [1.29, 1.82) is 0 Å². The van der Waals surface area contributed by atoms with Gasteiger partial charge in [0.15, 0.2) is 0 Å². The van der Waals surface area contributed by atoms with Gasteiger partial charge in [-0.1, -0.05) is 37.3 Å². The maximum Gasteiger partial charge on any atom is 0.401 e. The molecule has 1 saturated heterocycles. The molecule has 0 radical (unpaired) electrons. The van der Waals surface area contributed by atoms with Gasteiger partial charge in [-0.3, -0.25) is 9.69 Å². The van der Waals surface area contributed by atoms with E-state index in [4.69, 9.17) is 5.73 Å². The zero-order chi connectivity index (χ0) is 17.7. The molecule has 0 aliphatic carbocycles. The molecule has 0 spiro atoms. The van der Waals surface area contributed by atoms with Crippen LogP contribution >= 0.6 is 0 Å². The van der Waals surface area contributed by atoms with Crippen molar-refractivity contribution in [3.8, 4) is 0 Å². The summed E-state index contributed by atoms with van der Waals surface area (Å²) in [6.07, 6.45) is -3.67. The number of hydrogen-bond acceptors (Lipinski definition) is 3. The number of carbonyl (C=O) groups excluding carboxylic acids is 1. The van der Waals surface area contributed by atoms with Gasteiger partial charge in [0.25, 0.3) is 0 Å². The molecular weight excluding hydrogens is 319 g/mol. The Bertz CT molecular complexity index is 536. The van der Waals surface area contributed by atoms with Crippen LogP contribution in [0.15, 0.2) is 30.3 Å². The molecule has 1 aliphatic rings. The summed E-state index contributed by atoms with van der Waals surface area (Å²) in [6.45, 7) is 2.22. The Kier molecular flexibility index (Phi) is 6.23. The molecule has 2 rings (SSSR count). The van der Waals surface area contributed by atoms with Gasteiger partial charge in [-0.2, -0.15) is 13.2 Å². The molecule has 4 nitrogen and oxygen atoms in total. The van der Waals surface area contributed by atoms with Crippen LogP contribution in [0.3, 0.4) is 0 Å². The number of amides is 1. The summed E-state index contributed by atoms with van der Waals surface area (Å²) < 4.78 is 37.5. The minimum Gasteiger partial charge on any atom is -0.341 e. The van der Waals surface area contributed by atoms with Crippen molar-refractivity contribution in [3.05, 3.63) is 35.9 Å². The first-order valence-corrected chi connectivity index (χ1v) is 8.16. The molecule has 1 amide bonds. The Morgan fingerprint density at radius 2 is 1.83 bits per heavy atom. The monoisotopic (exact) mass is 343 g/mol. The molecule has 1 heterocycles. The zero-order valence-electron chi connectivity index (χ0n) is 13.8. The van der Waals surface area contributed by atoms with Gasteiger partial charge in [0.1, 0.15) is 0 Å². The largest absolute Gasteiger partial charge is 0.401 e. The fourth-order valence-electron chi connectivity index (χ4n) is 3.01. The van der Waals surface area contributed by atoms with E-state index in [9.17, 15) is 18.0 Å². The average molecular weight is 343 g/mol. The summed E-state index contributed by atoms with van der Waals surface area (Å²) in [5.74, 6) is -0.512. The summed E-state index contributed by atoms with van der Waals surface area (Å²) in [5, 5.41) is 0. The highest BCUT2D eigenvalue weighted by Crippen LogP contribution is 2.22. The maximum absolute atomic E-state index is 12.7. The van der Waals surface area contributed by atoms with E-state index in [1.807, 2.05) is 30.3 Å². The molecule has 2 N–H and O–H groups in total. The lowest BCUT2D eigenvalue weighted by Crippen LogP contribution is -2.42. The van der Waals surface area contributed by atoms with Crippen molar-refractivity contribution >= 4 is 5.91 Å². The number of carbonyl (C=O) groups is 1. The number of benzene rings is 1. The first-order chi connectivity index (χ1) is 11.3. The van der Waals surface area contributed by atoms with Crippen molar-refractivity contribution in [2.24, 2.45) is 11.7 Å². The van der Waals surface area contributed by atoms with Gasteiger partial charge in [0.2, 0.25) is 5.91 Å². The van der Waals surface area contributed by atoms with Gasteiger partial charge < -0.3 is 10.6 Å². The van der Waals surface area contributed by atoms with Crippen LogP contribution in [0.5, 0.6) is 0 Å². The first kappa shape index (κ1) is 18.7. The second-order valence-electron chi connectivity index (χ2n) is 6.30. The highest BCUT2D eigenvalue weighted by molar-refractivity contribution is 5.79. The normalized spacial score (nSPS) is 19.6. The van der Waals surface area contributed by atoms with E-state index in [-0.39, 0.29) is 12.5 Å². The predicted molar refractivity (Wildman–Crippen MR) is 86.2 cm³/mol. The number of halogens is 3. The van der Waals surface area contributed by atoms with E-state index in [0.29, 0.717) is 26.1 Å². The quantitative estimate of drug-likeness (QED) is 0.913. The minimum absolute atomic E-state index is 0.0970.